The smallest absolute Gasteiger partial charge is 0.407 e. The topological polar surface area (TPSA) is 149 Å². The van der Waals surface area contributed by atoms with Crippen LogP contribution in [0.3, 0.4) is 0 Å². The monoisotopic (exact) mass is 490 g/mol. The van der Waals surface area contributed by atoms with Crippen molar-refractivity contribution in [2.24, 2.45) is 17.8 Å². The van der Waals surface area contributed by atoms with Gasteiger partial charge in [-0.3, -0.25) is 4.90 Å². The van der Waals surface area contributed by atoms with E-state index in [1.807, 2.05) is 18.7 Å². The quantitative estimate of drug-likeness (QED) is 0.209. The molecule has 3 unspecified atom stereocenters. The second-order valence-corrected chi connectivity index (χ2v) is 9.67. The van der Waals surface area contributed by atoms with Crippen molar-refractivity contribution in [2.45, 2.75) is 66.6 Å². The summed E-state index contributed by atoms with van der Waals surface area (Å²) in [4.78, 5) is 35.3. The number of carbonyl (C=O) groups excluding carboxylic acids is 1. The SMILES string of the molecule is CC(C)C(C)C(C)C(C)OCCC(C)(C)OC(=O)NCCN(CCNC(=O)O)CCNC(=O)O. The van der Waals surface area contributed by atoms with Gasteiger partial charge in [0.05, 0.1) is 12.7 Å². The zero-order valence-electron chi connectivity index (χ0n) is 21.8. The van der Waals surface area contributed by atoms with Gasteiger partial charge >= 0.3 is 18.3 Å². The Labute approximate surface area is 203 Å². The molecule has 0 spiro atoms. The summed E-state index contributed by atoms with van der Waals surface area (Å²) in [5, 5.41) is 24.6. The number of carbonyl (C=O) groups is 3. The molecule has 0 aromatic rings. The molecule has 0 aliphatic heterocycles. The normalized spacial score (nSPS) is 14.4. The molecular weight excluding hydrogens is 444 g/mol. The minimum absolute atomic E-state index is 0.110. The molecule has 0 heterocycles. The van der Waals surface area contributed by atoms with Crippen LogP contribution in [0.25, 0.3) is 0 Å². The number of rotatable bonds is 17. The van der Waals surface area contributed by atoms with Crippen LogP contribution in [0.2, 0.25) is 0 Å². The van der Waals surface area contributed by atoms with Crippen molar-refractivity contribution in [1.29, 1.82) is 0 Å². The summed E-state index contributed by atoms with van der Waals surface area (Å²) in [6, 6.07) is 0. The molecule has 0 rings (SSSR count). The summed E-state index contributed by atoms with van der Waals surface area (Å²) in [6.07, 6.45) is -2.14. The van der Waals surface area contributed by atoms with E-state index in [-0.39, 0.29) is 25.7 Å². The van der Waals surface area contributed by atoms with E-state index in [1.54, 1.807) is 0 Å². The Bertz CT molecular complexity index is 596. The standard InChI is InChI=1S/C23H46N4O7/c1-16(2)17(3)18(4)19(5)33-15-8-23(6,7)34-22(32)26-11-14-27(12-9-24-20(28)29)13-10-25-21(30)31/h16-19,24-25H,8-15H2,1-7H3,(H,26,32)(H,28,29)(H,30,31). The third kappa shape index (κ3) is 15.5. The Hall–Kier alpha value is -2.27. The minimum Gasteiger partial charge on any atom is -0.465 e. The Morgan fingerprint density at radius 2 is 1.29 bits per heavy atom. The van der Waals surface area contributed by atoms with Gasteiger partial charge in [-0.05, 0) is 38.5 Å². The van der Waals surface area contributed by atoms with Gasteiger partial charge in [0, 0.05) is 45.7 Å². The molecule has 11 nitrogen and oxygen atoms in total. The van der Waals surface area contributed by atoms with E-state index in [9.17, 15) is 14.4 Å². The second-order valence-electron chi connectivity index (χ2n) is 9.67. The van der Waals surface area contributed by atoms with Crippen LogP contribution in [0.15, 0.2) is 0 Å². The van der Waals surface area contributed by atoms with Gasteiger partial charge in [-0.1, -0.05) is 27.7 Å². The molecule has 0 aromatic carbocycles. The Kier molecular flexibility index (Phi) is 15.3. The first-order chi connectivity index (χ1) is 15.7. The molecule has 0 fully saturated rings. The van der Waals surface area contributed by atoms with E-state index in [2.05, 4.69) is 50.6 Å². The van der Waals surface area contributed by atoms with E-state index < -0.39 is 23.9 Å². The van der Waals surface area contributed by atoms with Gasteiger partial charge in [0.2, 0.25) is 0 Å². The lowest BCUT2D eigenvalue weighted by Gasteiger charge is -2.30. The number of hydrogen-bond acceptors (Lipinski definition) is 6. The number of amides is 3. The highest BCUT2D eigenvalue weighted by Gasteiger charge is 2.25. The number of nitrogens with one attached hydrogen (secondary N) is 3. The zero-order chi connectivity index (χ0) is 26.3. The van der Waals surface area contributed by atoms with Crippen LogP contribution in [0, 0.1) is 17.8 Å². The highest BCUT2D eigenvalue weighted by Crippen LogP contribution is 2.25. The van der Waals surface area contributed by atoms with Gasteiger partial charge in [-0.2, -0.15) is 0 Å². The molecule has 200 valence electrons. The van der Waals surface area contributed by atoms with Crippen LogP contribution in [0.1, 0.15) is 54.9 Å². The molecule has 0 aromatic heterocycles. The fourth-order valence-corrected chi connectivity index (χ4v) is 3.31. The molecular formula is C23H46N4O7. The van der Waals surface area contributed by atoms with Crippen molar-refractivity contribution in [1.82, 2.24) is 20.9 Å². The summed E-state index contributed by atoms with van der Waals surface area (Å²) in [5.74, 6) is 1.55. The molecule has 5 N–H and O–H groups in total. The van der Waals surface area contributed by atoms with Crippen LogP contribution in [-0.2, 0) is 9.47 Å². The molecule has 3 atom stereocenters. The van der Waals surface area contributed by atoms with Gasteiger partial charge in [0.15, 0.2) is 0 Å². The van der Waals surface area contributed by atoms with Crippen molar-refractivity contribution in [2.75, 3.05) is 45.9 Å². The highest BCUT2D eigenvalue weighted by molar-refractivity contribution is 5.67. The summed E-state index contributed by atoms with van der Waals surface area (Å²) in [6.45, 7) is 16.9. The van der Waals surface area contributed by atoms with Crippen molar-refractivity contribution < 1.29 is 34.1 Å². The van der Waals surface area contributed by atoms with Crippen molar-refractivity contribution in [3.05, 3.63) is 0 Å². The molecule has 0 saturated heterocycles. The molecule has 3 amide bonds. The maximum absolute atomic E-state index is 12.2. The van der Waals surface area contributed by atoms with Crippen LogP contribution in [0.5, 0.6) is 0 Å². The highest BCUT2D eigenvalue weighted by atomic mass is 16.6. The lowest BCUT2D eigenvalue weighted by Crippen LogP contribution is -2.43. The number of ether oxygens (including phenoxy) is 2. The number of nitrogens with zero attached hydrogens (tertiary/aromatic N) is 1. The molecule has 0 bridgehead atoms. The fourth-order valence-electron chi connectivity index (χ4n) is 3.31. The van der Waals surface area contributed by atoms with Gasteiger partial charge < -0.3 is 35.6 Å². The molecule has 34 heavy (non-hydrogen) atoms. The average Bonchev–Trinajstić information content (AvgIpc) is 2.70. The molecule has 0 radical (unpaired) electrons. The number of carboxylic acid groups (broad SMARTS) is 2. The minimum atomic E-state index is -1.13. The van der Waals surface area contributed by atoms with E-state index >= 15 is 0 Å². The summed E-state index contributed by atoms with van der Waals surface area (Å²) in [5.41, 5.74) is -0.701. The van der Waals surface area contributed by atoms with Crippen molar-refractivity contribution in [3.8, 4) is 0 Å². The van der Waals surface area contributed by atoms with Gasteiger partial charge in [-0.15, -0.1) is 0 Å². The maximum Gasteiger partial charge on any atom is 0.407 e. The summed E-state index contributed by atoms with van der Waals surface area (Å²) < 4.78 is 11.5. The second kappa shape index (κ2) is 16.4. The molecule has 11 heteroatoms. The van der Waals surface area contributed by atoms with Crippen LogP contribution in [0.4, 0.5) is 14.4 Å². The third-order valence-corrected chi connectivity index (χ3v) is 6.18. The van der Waals surface area contributed by atoms with E-state index in [4.69, 9.17) is 19.7 Å². The van der Waals surface area contributed by atoms with Gasteiger partial charge in [0.25, 0.3) is 0 Å². The van der Waals surface area contributed by atoms with Crippen molar-refractivity contribution in [3.63, 3.8) is 0 Å². The Balaban J connectivity index is 4.40. The predicted molar refractivity (Wildman–Crippen MR) is 130 cm³/mol. The van der Waals surface area contributed by atoms with Gasteiger partial charge in [-0.25, -0.2) is 14.4 Å². The maximum atomic E-state index is 12.2. The lowest BCUT2D eigenvalue weighted by atomic mass is 9.83. The fraction of sp³-hybridized carbons (Fsp3) is 0.870. The Morgan fingerprint density at radius 1 is 0.824 bits per heavy atom. The lowest BCUT2D eigenvalue weighted by molar-refractivity contribution is -0.0314. The van der Waals surface area contributed by atoms with E-state index in [0.29, 0.717) is 50.4 Å². The largest absolute Gasteiger partial charge is 0.465 e. The number of alkyl carbamates (subject to hydrolysis) is 1. The molecule has 0 saturated carbocycles. The first-order valence-electron chi connectivity index (χ1n) is 12.0. The number of hydrogen-bond donors (Lipinski definition) is 5. The Morgan fingerprint density at radius 3 is 1.74 bits per heavy atom. The van der Waals surface area contributed by atoms with Crippen LogP contribution in [-0.4, -0.2) is 91.0 Å². The predicted octanol–water partition coefficient (Wildman–Crippen LogP) is 3.05. The van der Waals surface area contributed by atoms with Crippen LogP contribution < -0.4 is 16.0 Å². The first kappa shape index (κ1) is 31.7. The van der Waals surface area contributed by atoms with Gasteiger partial charge in [0.1, 0.15) is 5.60 Å². The van der Waals surface area contributed by atoms with Crippen LogP contribution >= 0.6 is 0 Å². The first-order valence-corrected chi connectivity index (χ1v) is 12.0. The third-order valence-electron chi connectivity index (χ3n) is 6.18. The zero-order valence-corrected chi connectivity index (χ0v) is 21.8. The molecule has 0 aliphatic carbocycles. The van der Waals surface area contributed by atoms with Crippen molar-refractivity contribution >= 4 is 18.3 Å². The average molecular weight is 491 g/mol. The molecule has 0 aliphatic rings. The van der Waals surface area contributed by atoms with E-state index in [0.717, 1.165) is 0 Å². The van der Waals surface area contributed by atoms with E-state index in [1.165, 1.54) is 0 Å². The summed E-state index contributed by atoms with van der Waals surface area (Å²) >= 11 is 0. The summed E-state index contributed by atoms with van der Waals surface area (Å²) in [7, 11) is 0.